The minimum atomic E-state index is -3.73. The molecule has 104 valence electrons. The van der Waals surface area contributed by atoms with Crippen LogP contribution in [0.3, 0.4) is 0 Å². The Balaban J connectivity index is 1.84. The van der Waals surface area contributed by atoms with E-state index in [9.17, 15) is 13.2 Å². The third-order valence-electron chi connectivity index (χ3n) is 2.73. The Morgan fingerprint density at radius 2 is 2.20 bits per heavy atom. The zero-order valence-electron chi connectivity index (χ0n) is 9.88. The molecular weight excluding hydrogens is 322 g/mol. The van der Waals surface area contributed by atoms with Crippen LogP contribution in [0.5, 0.6) is 0 Å². The van der Waals surface area contributed by atoms with Gasteiger partial charge < -0.3 is 5.32 Å². The van der Waals surface area contributed by atoms with E-state index in [1.54, 1.807) is 12.3 Å². The van der Waals surface area contributed by atoms with E-state index >= 15 is 0 Å². The molecular formula is C11H8ClN3O3S2. The van der Waals surface area contributed by atoms with Crippen molar-refractivity contribution in [3.8, 4) is 0 Å². The van der Waals surface area contributed by atoms with Crippen LogP contribution in [0, 0.1) is 0 Å². The van der Waals surface area contributed by atoms with Gasteiger partial charge in [0.25, 0.3) is 15.9 Å². The minimum Gasteiger partial charge on any atom is -0.380 e. The van der Waals surface area contributed by atoms with Crippen LogP contribution in [0.25, 0.3) is 0 Å². The van der Waals surface area contributed by atoms with Crippen molar-refractivity contribution in [2.24, 2.45) is 0 Å². The number of aromatic nitrogens is 1. The molecule has 0 unspecified atom stereocenters. The van der Waals surface area contributed by atoms with Gasteiger partial charge in [-0.15, -0.1) is 11.3 Å². The van der Waals surface area contributed by atoms with Crippen molar-refractivity contribution in [2.45, 2.75) is 11.4 Å². The lowest BCUT2D eigenvalue weighted by molar-refractivity contribution is 0.0985. The summed E-state index contributed by atoms with van der Waals surface area (Å²) in [7, 11) is -3.73. The van der Waals surface area contributed by atoms with Crippen LogP contribution >= 0.6 is 22.9 Å². The lowest BCUT2D eigenvalue weighted by Gasteiger charge is -2.05. The van der Waals surface area contributed by atoms with Gasteiger partial charge in [-0.2, -0.15) is 0 Å². The smallest absolute Gasteiger partial charge is 0.266 e. The largest absolute Gasteiger partial charge is 0.380 e. The van der Waals surface area contributed by atoms with Crippen LogP contribution in [0.1, 0.15) is 15.2 Å². The highest BCUT2D eigenvalue weighted by atomic mass is 35.5. The summed E-state index contributed by atoms with van der Waals surface area (Å²) in [4.78, 5) is 16.3. The van der Waals surface area contributed by atoms with Gasteiger partial charge in [-0.05, 0) is 18.2 Å². The Bertz CT molecular complexity index is 801. The SMILES string of the molecule is O=C1NS(=O)(=O)c2cc(NCc3cnc(Cl)s3)ccc21. The number of halogens is 1. The zero-order chi connectivity index (χ0) is 14.3. The first kappa shape index (κ1) is 13.3. The molecule has 2 heterocycles. The zero-order valence-corrected chi connectivity index (χ0v) is 12.3. The summed E-state index contributed by atoms with van der Waals surface area (Å²) in [5.74, 6) is -0.596. The van der Waals surface area contributed by atoms with Crippen molar-refractivity contribution in [2.75, 3.05) is 5.32 Å². The molecule has 0 saturated carbocycles. The molecule has 3 rings (SSSR count). The number of sulfonamides is 1. The molecule has 2 N–H and O–H groups in total. The van der Waals surface area contributed by atoms with Crippen LogP contribution in [-0.4, -0.2) is 19.3 Å². The van der Waals surface area contributed by atoms with Crippen molar-refractivity contribution in [3.63, 3.8) is 0 Å². The number of rotatable bonds is 3. The molecule has 1 aliphatic rings. The topological polar surface area (TPSA) is 88.2 Å². The monoisotopic (exact) mass is 329 g/mol. The van der Waals surface area contributed by atoms with Crippen molar-refractivity contribution in [1.82, 2.24) is 9.71 Å². The van der Waals surface area contributed by atoms with Crippen molar-refractivity contribution < 1.29 is 13.2 Å². The van der Waals surface area contributed by atoms with Gasteiger partial charge in [0.05, 0.1) is 12.1 Å². The van der Waals surface area contributed by atoms with E-state index in [0.717, 1.165) is 4.88 Å². The van der Waals surface area contributed by atoms with Gasteiger partial charge >= 0.3 is 0 Å². The predicted molar refractivity (Wildman–Crippen MR) is 75.5 cm³/mol. The highest BCUT2D eigenvalue weighted by Crippen LogP contribution is 2.26. The summed E-state index contributed by atoms with van der Waals surface area (Å²) in [5, 5.41) is 3.06. The third kappa shape index (κ3) is 2.37. The third-order valence-corrected chi connectivity index (χ3v) is 5.22. The summed E-state index contributed by atoms with van der Waals surface area (Å²) in [6.45, 7) is 0.477. The van der Waals surface area contributed by atoms with Crippen LogP contribution in [-0.2, 0) is 16.6 Å². The molecule has 1 amide bonds. The quantitative estimate of drug-likeness (QED) is 0.897. The normalized spacial score (nSPS) is 15.8. The van der Waals surface area contributed by atoms with Gasteiger partial charge in [0.15, 0.2) is 4.47 Å². The number of nitrogens with one attached hydrogen (secondary N) is 2. The van der Waals surface area contributed by atoms with Crippen LogP contribution in [0.2, 0.25) is 4.47 Å². The number of nitrogens with zero attached hydrogens (tertiary/aromatic N) is 1. The summed E-state index contributed by atoms with van der Waals surface area (Å²) in [5.41, 5.74) is 0.768. The summed E-state index contributed by atoms with van der Waals surface area (Å²) in [6.07, 6.45) is 1.65. The van der Waals surface area contributed by atoms with Gasteiger partial charge in [-0.25, -0.2) is 18.1 Å². The molecule has 0 aliphatic carbocycles. The van der Waals surface area contributed by atoms with Crippen molar-refractivity contribution in [1.29, 1.82) is 0 Å². The maximum absolute atomic E-state index is 11.7. The molecule has 1 aliphatic heterocycles. The number of hydrogen-bond donors (Lipinski definition) is 2. The van der Waals surface area contributed by atoms with E-state index in [-0.39, 0.29) is 10.5 Å². The lowest BCUT2D eigenvalue weighted by atomic mass is 10.2. The number of carbonyl (C=O) groups is 1. The molecule has 0 saturated heterocycles. The number of anilines is 1. The van der Waals surface area contributed by atoms with Gasteiger partial charge in [-0.3, -0.25) is 4.79 Å². The molecule has 9 heteroatoms. The van der Waals surface area contributed by atoms with Crippen molar-refractivity contribution >= 4 is 44.6 Å². The van der Waals surface area contributed by atoms with Gasteiger partial charge in [0.2, 0.25) is 0 Å². The van der Waals surface area contributed by atoms with Gasteiger partial charge in [0, 0.05) is 16.8 Å². The van der Waals surface area contributed by atoms with E-state index in [1.807, 2.05) is 4.72 Å². The fourth-order valence-electron chi connectivity index (χ4n) is 1.83. The molecule has 0 atom stereocenters. The second-order valence-corrected chi connectivity index (χ2v) is 7.43. The predicted octanol–water partition coefficient (Wildman–Crippen LogP) is 1.84. The lowest BCUT2D eigenvalue weighted by Crippen LogP contribution is -2.20. The first-order valence-electron chi connectivity index (χ1n) is 5.51. The first-order chi connectivity index (χ1) is 9.45. The number of hydrogen-bond acceptors (Lipinski definition) is 6. The molecule has 0 radical (unpaired) electrons. The molecule has 2 aromatic rings. The van der Waals surface area contributed by atoms with E-state index < -0.39 is 15.9 Å². The highest BCUT2D eigenvalue weighted by Gasteiger charge is 2.32. The second kappa shape index (κ2) is 4.72. The number of carbonyl (C=O) groups excluding carboxylic acids is 1. The average Bonchev–Trinajstić information content (AvgIpc) is 2.90. The van der Waals surface area contributed by atoms with E-state index in [0.29, 0.717) is 16.7 Å². The Morgan fingerprint density at radius 1 is 1.40 bits per heavy atom. The maximum atomic E-state index is 11.7. The number of fused-ring (bicyclic) bond motifs is 1. The molecule has 20 heavy (non-hydrogen) atoms. The Kier molecular flexibility index (Phi) is 3.15. The molecule has 1 aromatic heterocycles. The van der Waals surface area contributed by atoms with E-state index in [2.05, 4.69) is 10.3 Å². The summed E-state index contributed by atoms with van der Waals surface area (Å²) < 4.78 is 25.8. The standard InChI is InChI=1S/C11H8ClN3O3S2/c12-11-14-5-7(19-11)4-13-6-1-2-8-9(3-6)20(17,18)15-10(8)16/h1-3,5,13H,4H2,(H,15,16). The van der Waals surface area contributed by atoms with Gasteiger partial charge in [0.1, 0.15) is 4.90 Å². The minimum absolute atomic E-state index is 0.00478. The fourth-order valence-corrected chi connectivity index (χ4v) is 3.94. The molecule has 0 fully saturated rings. The highest BCUT2D eigenvalue weighted by molar-refractivity contribution is 7.90. The molecule has 1 aromatic carbocycles. The van der Waals surface area contributed by atoms with Crippen LogP contribution in [0.15, 0.2) is 29.3 Å². The summed E-state index contributed by atoms with van der Waals surface area (Å²) in [6, 6.07) is 4.57. The Morgan fingerprint density at radius 3 is 2.90 bits per heavy atom. The molecule has 0 spiro atoms. The first-order valence-corrected chi connectivity index (χ1v) is 8.19. The second-order valence-electron chi connectivity index (χ2n) is 4.08. The number of benzene rings is 1. The average molecular weight is 330 g/mol. The Hall–Kier alpha value is -1.64. The van der Waals surface area contributed by atoms with Gasteiger partial charge in [-0.1, -0.05) is 11.6 Å². The number of amides is 1. The molecule has 6 nitrogen and oxygen atoms in total. The van der Waals surface area contributed by atoms with E-state index in [1.165, 1.54) is 23.5 Å². The fraction of sp³-hybridized carbons (Fsp3) is 0.0909. The van der Waals surface area contributed by atoms with Crippen LogP contribution < -0.4 is 10.0 Å². The van der Waals surface area contributed by atoms with Crippen LogP contribution in [0.4, 0.5) is 5.69 Å². The Labute approximate surface area is 123 Å². The maximum Gasteiger partial charge on any atom is 0.266 e. The summed E-state index contributed by atoms with van der Waals surface area (Å²) >= 11 is 7.07. The van der Waals surface area contributed by atoms with Crippen molar-refractivity contribution in [3.05, 3.63) is 39.3 Å². The number of thiazole rings is 1. The molecule has 0 bridgehead atoms. The van der Waals surface area contributed by atoms with E-state index in [4.69, 9.17) is 11.6 Å².